The second-order valence-electron chi connectivity index (χ2n) is 6.01. The summed E-state index contributed by atoms with van der Waals surface area (Å²) in [4.78, 5) is 19.4. The first-order chi connectivity index (χ1) is 12.8. The smallest absolute Gasteiger partial charge is 0.258 e. The molecule has 0 saturated carbocycles. The average Bonchev–Trinajstić information content (AvgIpc) is 3.08. The van der Waals surface area contributed by atoms with E-state index in [0.29, 0.717) is 23.1 Å². The van der Waals surface area contributed by atoms with Crippen molar-refractivity contribution in [3.8, 4) is 0 Å². The number of pyridine rings is 1. The van der Waals surface area contributed by atoms with Gasteiger partial charge in [-0.05, 0) is 46.7 Å². The van der Waals surface area contributed by atoms with Crippen molar-refractivity contribution in [2.45, 2.75) is 6.54 Å². The van der Waals surface area contributed by atoms with Crippen molar-refractivity contribution in [3.63, 3.8) is 0 Å². The maximum absolute atomic E-state index is 13.3. The first-order valence-corrected chi connectivity index (χ1v) is 8.14. The second kappa shape index (κ2) is 5.66. The summed E-state index contributed by atoms with van der Waals surface area (Å²) in [5.74, 6) is 0.632. The van der Waals surface area contributed by atoms with Gasteiger partial charge in [-0.3, -0.25) is 4.79 Å². The van der Waals surface area contributed by atoms with Crippen molar-refractivity contribution in [2.75, 3.05) is 10.2 Å². The quantitative estimate of drug-likeness (QED) is 0.569. The van der Waals surface area contributed by atoms with Gasteiger partial charge in [0.15, 0.2) is 0 Å². The van der Waals surface area contributed by atoms with Crippen LogP contribution in [0.15, 0.2) is 65.4 Å². The third kappa shape index (κ3) is 2.29. The van der Waals surface area contributed by atoms with Gasteiger partial charge in [0.25, 0.3) is 5.91 Å². The van der Waals surface area contributed by atoms with E-state index in [4.69, 9.17) is 4.63 Å². The van der Waals surface area contributed by atoms with Crippen LogP contribution in [0.1, 0.15) is 15.9 Å². The number of carbonyl (C=O) groups is 1. The molecule has 126 valence electrons. The monoisotopic (exact) mass is 343 g/mol. The zero-order chi connectivity index (χ0) is 17.5. The van der Waals surface area contributed by atoms with Crippen molar-refractivity contribution in [1.82, 2.24) is 15.3 Å². The van der Waals surface area contributed by atoms with Gasteiger partial charge in [-0.1, -0.05) is 18.2 Å². The molecule has 1 aliphatic heterocycles. The summed E-state index contributed by atoms with van der Waals surface area (Å²) in [6.07, 6.45) is 1.73. The van der Waals surface area contributed by atoms with Crippen LogP contribution in [0.4, 0.5) is 17.2 Å². The van der Waals surface area contributed by atoms with Crippen molar-refractivity contribution in [1.29, 1.82) is 0 Å². The molecule has 26 heavy (non-hydrogen) atoms. The number of fused-ring (bicyclic) bond motifs is 3. The minimum absolute atomic E-state index is 0.124. The van der Waals surface area contributed by atoms with Gasteiger partial charge in [-0.25, -0.2) is 9.61 Å². The molecule has 0 radical (unpaired) electrons. The molecule has 7 heteroatoms. The van der Waals surface area contributed by atoms with E-state index >= 15 is 0 Å². The second-order valence-corrected chi connectivity index (χ2v) is 6.01. The Kier molecular flexibility index (Phi) is 3.18. The maximum Gasteiger partial charge on any atom is 0.258 e. The molecule has 1 N–H and O–H groups in total. The summed E-state index contributed by atoms with van der Waals surface area (Å²) < 4.78 is 4.72. The topological polar surface area (TPSA) is 84.2 Å². The highest BCUT2D eigenvalue weighted by molar-refractivity contribution is 6.09. The lowest BCUT2D eigenvalue weighted by Crippen LogP contribution is -2.30. The molecule has 0 aliphatic carbocycles. The summed E-state index contributed by atoms with van der Waals surface area (Å²) in [6, 6.07) is 16.7. The van der Waals surface area contributed by atoms with Crippen molar-refractivity contribution in [3.05, 3.63) is 71.9 Å². The maximum atomic E-state index is 13.3. The molecule has 0 spiro atoms. The number of aromatic nitrogens is 3. The Bertz CT molecular complexity index is 1140. The van der Waals surface area contributed by atoms with E-state index in [-0.39, 0.29) is 5.91 Å². The Hall–Kier alpha value is -3.74. The molecule has 3 heterocycles. The number of nitrogens with one attached hydrogen (secondary N) is 1. The van der Waals surface area contributed by atoms with Gasteiger partial charge in [0.2, 0.25) is 0 Å². The molecule has 4 aromatic rings. The summed E-state index contributed by atoms with van der Waals surface area (Å²) in [7, 11) is 0. The Morgan fingerprint density at radius 3 is 2.88 bits per heavy atom. The Morgan fingerprint density at radius 2 is 1.92 bits per heavy atom. The van der Waals surface area contributed by atoms with E-state index in [1.807, 2.05) is 36.4 Å². The van der Waals surface area contributed by atoms with E-state index in [9.17, 15) is 4.79 Å². The minimum Gasteiger partial charge on any atom is -0.338 e. The zero-order valence-electron chi connectivity index (χ0n) is 13.6. The largest absolute Gasteiger partial charge is 0.338 e. The fraction of sp³-hybridized carbons (Fsp3) is 0.0526. The summed E-state index contributed by atoms with van der Waals surface area (Å²) in [5.41, 5.74) is 4.28. The molecular weight excluding hydrogens is 330 g/mol. The average molecular weight is 343 g/mol. The van der Waals surface area contributed by atoms with Crippen LogP contribution in [0.5, 0.6) is 0 Å². The first kappa shape index (κ1) is 14.6. The third-order valence-corrected chi connectivity index (χ3v) is 4.41. The van der Waals surface area contributed by atoms with Crippen LogP contribution in [0.25, 0.3) is 11.0 Å². The van der Waals surface area contributed by atoms with Crippen molar-refractivity contribution >= 4 is 34.1 Å². The fourth-order valence-electron chi connectivity index (χ4n) is 3.13. The number of hydrogen-bond donors (Lipinski definition) is 1. The van der Waals surface area contributed by atoms with Crippen molar-refractivity contribution < 1.29 is 9.42 Å². The molecule has 0 unspecified atom stereocenters. The Morgan fingerprint density at radius 1 is 1.04 bits per heavy atom. The molecule has 7 nitrogen and oxygen atoms in total. The molecular formula is C19H13N5O2. The van der Waals surface area contributed by atoms with E-state index < -0.39 is 0 Å². The molecule has 1 aliphatic rings. The van der Waals surface area contributed by atoms with E-state index in [2.05, 4.69) is 20.6 Å². The number of amides is 1. The number of hydrogen-bond acceptors (Lipinski definition) is 6. The lowest BCUT2D eigenvalue weighted by Gasteiger charge is -2.22. The van der Waals surface area contributed by atoms with E-state index in [1.165, 1.54) is 0 Å². The van der Waals surface area contributed by atoms with Gasteiger partial charge in [0.1, 0.15) is 16.9 Å². The Balaban J connectivity index is 1.63. The number of para-hydroxylation sites is 2. The summed E-state index contributed by atoms with van der Waals surface area (Å²) in [5, 5.41) is 10.9. The van der Waals surface area contributed by atoms with Crippen LogP contribution < -0.4 is 10.2 Å². The number of benzene rings is 2. The molecule has 5 rings (SSSR count). The van der Waals surface area contributed by atoms with Crippen LogP contribution in [0.2, 0.25) is 0 Å². The predicted octanol–water partition coefficient (Wildman–Crippen LogP) is 3.52. The van der Waals surface area contributed by atoms with E-state index in [0.717, 1.165) is 22.8 Å². The molecule has 0 fully saturated rings. The molecule has 0 bridgehead atoms. The fourth-order valence-corrected chi connectivity index (χ4v) is 3.13. The third-order valence-electron chi connectivity index (χ3n) is 4.41. The van der Waals surface area contributed by atoms with Crippen LogP contribution in [-0.4, -0.2) is 21.2 Å². The normalized spacial score (nSPS) is 12.8. The summed E-state index contributed by atoms with van der Waals surface area (Å²) >= 11 is 0. The molecule has 2 aromatic heterocycles. The predicted molar refractivity (Wildman–Crippen MR) is 96.3 cm³/mol. The number of rotatable bonds is 1. The van der Waals surface area contributed by atoms with Crippen LogP contribution in [-0.2, 0) is 6.54 Å². The van der Waals surface area contributed by atoms with Crippen LogP contribution in [0, 0.1) is 0 Å². The van der Waals surface area contributed by atoms with E-state index in [1.54, 1.807) is 29.3 Å². The number of carbonyl (C=O) groups excluding carboxylic acids is 1. The first-order valence-electron chi connectivity index (χ1n) is 8.14. The zero-order valence-corrected chi connectivity index (χ0v) is 13.6. The SMILES string of the molecule is O=C(c1ccc2nonc2c1)N1Cc2cccnc2Nc2ccccc21. The molecule has 1 amide bonds. The molecule has 0 atom stereocenters. The number of nitrogens with zero attached hydrogens (tertiary/aromatic N) is 4. The number of anilines is 3. The molecule has 2 aromatic carbocycles. The minimum atomic E-state index is -0.124. The van der Waals surface area contributed by atoms with Gasteiger partial charge in [0.05, 0.1) is 17.9 Å². The van der Waals surface area contributed by atoms with Gasteiger partial charge in [-0.15, -0.1) is 0 Å². The highest BCUT2D eigenvalue weighted by Crippen LogP contribution is 2.35. The van der Waals surface area contributed by atoms with Gasteiger partial charge >= 0.3 is 0 Å². The summed E-state index contributed by atoms with van der Waals surface area (Å²) in [6.45, 7) is 0.418. The van der Waals surface area contributed by atoms with Gasteiger partial charge < -0.3 is 10.2 Å². The van der Waals surface area contributed by atoms with Crippen molar-refractivity contribution in [2.24, 2.45) is 0 Å². The van der Waals surface area contributed by atoms with Gasteiger partial charge in [-0.2, -0.15) is 0 Å². The highest BCUT2D eigenvalue weighted by atomic mass is 16.6. The standard InChI is InChI=1S/C19H13N5O2/c25-19(12-7-8-14-16(10-12)23-26-22-14)24-11-13-4-3-9-20-18(13)21-15-5-1-2-6-17(15)24/h1-10H,11H2,(H,20,21). The molecule has 0 saturated heterocycles. The lowest BCUT2D eigenvalue weighted by molar-refractivity contribution is 0.0985. The highest BCUT2D eigenvalue weighted by Gasteiger charge is 2.25. The van der Waals surface area contributed by atoms with Crippen LogP contribution >= 0.6 is 0 Å². The lowest BCUT2D eigenvalue weighted by atomic mass is 10.1. The van der Waals surface area contributed by atoms with Crippen LogP contribution in [0.3, 0.4) is 0 Å². The van der Waals surface area contributed by atoms with Gasteiger partial charge in [0, 0.05) is 17.3 Å². The Labute approximate surface area is 148 Å².